The zero-order chi connectivity index (χ0) is 17.4. The minimum atomic E-state index is -2.08. The normalized spacial score (nSPS) is 10.8. The summed E-state index contributed by atoms with van der Waals surface area (Å²) in [4.78, 5) is 12.1. The lowest BCUT2D eigenvalue weighted by Gasteiger charge is -2.10. The number of hydrogen-bond donors (Lipinski definition) is 1. The van der Waals surface area contributed by atoms with Gasteiger partial charge in [0.1, 0.15) is 17.1 Å². The van der Waals surface area contributed by atoms with Crippen molar-refractivity contribution < 1.29 is 32.2 Å². The zero-order valence-corrected chi connectivity index (χ0v) is 11.8. The van der Waals surface area contributed by atoms with Crippen LogP contribution in [-0.2, 0) is 0 Å². The first kappa shape index (κ1) is 15.8. The highest BCUT2D eigenvalue weighted by molar-refractivity contribution is 6.02. The molecule has 3 nitrogen and oxygen atoms in total. The van der Waals surface area contributed by atoms with Crippen molar-refractivity contribution in [2.75, 3.05) is 0 Å². The monoisotopic (exact) mass is 336 g/mol. The molecule has 0 saturated heterocycles. The fourth-order valence-corrected chi connectivity index (χ4v) is 2.23. The first-order valence-electron chi connectivity index (χ1n) is 6.66. The molecular formula is C17H8F4O3. The summed E-state index contributed by atoms with van der Waals surface area (Å²) in [5.74, 6) is -9.49. The second kappa shape index (κ2) is 5.84. The van der Waals surface area contributed by atoms with Crippen LogP contribution in [0.2, 0.25) is 0 Å². The zero-order valence-electron chi connectivity index (χ0n) is 11.8. The van der Waals surface area contributed by atoms with E-state index in [1.807, 2.05) is 0 Å². The van der Waals surface area contributed by atoms with E-state index in [1.54, 1.807) is 18.2 Å². The van der Waals surface area contributed by atoms with Crippen LogP contribution in [0.5, 0.6) is 11.5 Å². The average Bonchev–Trinajstić information content (AvgIpc) is 2.58. The Balaban J connectivity index is 2.14. The van der Waals surface area contributed by atoms with Crippen molar-refractivity contribution in [3.8, 4) is 11.5 Å². The molecule has 7 heteroatoms. The summed E-state index contributed by atoms with van der Waals surface area (Å²) in [6.07, 6.45) is 0. The summed E-state index contributed by atoms with van der Waals surface area (Å²) in [5, 5.41) is 8.39. The molecule has 0 radical (unpaired) electrons. The van der Waals surface area contributed by atoms with Gasteiger partial charge in [0.15, 0.2) is 23.3 Å². The van der Waals surface area contributed by atoms with Crippen LogP contribution < -0.4 is 4.74 Å². The largest absolute Gasteiger partial charge is 0.506 e. The number of carbonyl (C=O) groups excluding carboxylic acids is 1. The lowest BCUT2D eigenvalue weighted by atomic mass is 10.0. The Bertz CT molecular complexity index is 955. The summed E-state index contributed by atoms with van der Waals surface area (Å²) >= 11 is 0. The van der Waals surface area contributed by atoms with Crippen molar-refractivity contribution in [2.24, 2.45) is 0 Å². The van der Waals surface area contributed by atoms with Gasteiger partial charge in [-0.15, -0.1) is 0 Å². The van der Waals surface area contributed by atoms with Gasteiger partial charge in [-0.3, -0.25) is 0 Å². The third kappa shape index (κ3) is 2.44. The number of phenols is 1. The highest BCUT2D eigenvalue weighted by Gasteiger charge is 2.26. The number of esters is 1. The van der Waals surface area contributed by atoms with Gasteiger partial charge in [-0.25, -0.2) is 22.4 Å². The van der Waals surface area contributed by atoms with Crippen molar-refractivity contribution in [1.82, 2.24) is 0 Å². The first-order valence-corrected chi connectivity index (χ1v) is 6.66. The Morgan fingerprint density at radius 3 is 2.12 bits per heavy atom. The molecule has 0 bridgehead atoms. The lowest BCUT2D eigenvalue weighted by molar-refractivity contribution is 0.0732. The second-order valence-electron chi connectivity index (χ2n) is 4.84. The topological polar surface area (TPSA) is 46.5 Å². The molecule has 0 atom stereocenters. The van der Waals surface area contributed by atoms with E-state index in [-0.39, 0.29) is 5.75 Å². The van der Waals surface area contributed by atoms with E-state index in [0.29, 0.717) is 0 Å². The number of ether oxygens (including phenoxy) is 1. The van der Waals surface area contributed by atoms with E-state index in [2.05, 4.69) is 0 Å². The number of para-hydroxylation sites is 1. The molecule has 0 heterocycles. The molecule has 3 aromatic carbocycles. The van der Waals surface area contributed by atoms with Gasteiger partial charge in [-0.2, -0.15) is 0 Å². The molecule has 0 aromatic heterocycles. The molecule has 0 saturated carbocycles. The second-order valence-corrected chi connectivity index (χ2v) is 4.84. The van der Waals surface area contributed by atoms with Gasteiger partial charge in [0.25, 0.3) is 0 Å². The maximum atomic E-state index is 13.9. The molecule has 3 aromatic rings. The van der Waals surface area contributed by atoms with Crippen molar-refractivity contribution in [2.45, 2.75) is 0 Å². The van der Waals surface area contributed by atoms with Crippen molar-refractivity contribution in [3.63, 3.8) is 0 Å². The van der Waals surface area contributed by atoms with Gasteiger partial charge in [-0.1, -0.05) is 24.3 Å². The summed E-state index contributed by atoms with van der Waals surface area (Å²) in [5.41, 5.74) is -0.518. The summed E-state index contributed by atoms with van der Waals surface area (Å²) in [6, 6.07) is 9.59. The van der Waals surface area contributed by atoms with E-state index >= 15 is 0 Å². The molecule has 0 amide bonds. The fourth-order valence-electron chi connectivity index (χ4n) is 2.23. The molecule has 1 N–H and O–H groups in total. The highest BCUT2D eigenvalue weighted by Crippen LogP contribution is 2.35. The van der Waals surface area contributed by atoms with Crippen LogP contribution >= 0.6 is 0 Å². The van der Waals surface area contributed by atoms with Gasteiger partial charge >= 0.3 is 5.97 Å². The first-order chi connectivity index (χ1) is 11.4. The number of fused-ring (bicyclic) bond motifs is 1. The number of aromatic hydroxyl groups is 1. The lowest BCUT2D eigenvalue weighted by Crippen LogP contribution is -2.09. The Labute approximate surface area is 132 Å². The molecule has 24 heavy (non-hydrogen) atoms. The Morgan fingerprint density at radius 1 is 0.833 bits per heavy atom. The highest BCUT2D eigenvalue weighted by atomic mass is 19.2. The Kier molecular flexibility index (Phi) is 3.84. The molecule has 0 unspecified atom stereocenters. The number of rotatable bonds is 2. The van der Waals surface area contributed by atoms with Gasteiger partial charge in [-0.05, 0) is 18.2 Å². The van der Waals surface area contributed by atoms with E-state index in [4.69, 9.17) is 4.74 Å². The van der Waals surface area contributed by atoms with Gasteiger partial charge in [0, 0.05) is 5.39 Å². The number of carbonyl (C=O) groups is 1. The van der Waals surface area contributed by atoms with E-state index < -0.39 is 51.3 Å². The van der Waals surface area contributed by atoms with E-state index in [0.717, 1.165) is 12.1 Å². The molecule has 122 valence electrons. The van der Waals surface area contributed by atoms with Gasteiger partial charge in [0.2, 0.25) is 0 Å². The van der Waals surface area contributed by atoms with Crippen LogP contribution in [0.4, 0.5) is 17.6 Å². The smallest absolute Gasteiger partial charge is 0.347 e. The molecular weight excluding hydrogens is 328 g/mol. The molecule has 0 fully saturated rings. The van der Waals surface area contributed by atoms with Crippen LogP contribution in [0.25, 0.3) is 10.8 Å². The van der Waals surface area contributed by atoms with E-state index in [9.17, 15) is 27.5 Å². The molecule has 0 aliphatic carbocycles. The molecule has 0 aliphatic rings. The van der Waals surface area contributed by atoms with Crippen molar-refractivity contribution >= 4 is 16.7 Å². The molecule has 3 rings (SSSR count). The van der Waals surface area contributed by atoms with E-state index in [1.165, 1.54) is 12.1 Å². The summed E-state index contributed by atoms with van der Waals surface area (Å²) in [6.45, 7) is 0. The summed E-state index contributed by atoms with van der Waals surface area (Å²) < 4.78 is 59.1. The Hall–Kier alpha value is -3.09. The standard InChI is InChI=1S/C17H8F4O3/c18-12-9-6-7-10(17(23)24-8-4-2-1-3-5-8)16(22)11(9)13(19)15(21)14(12)20/h1-7,22H. The van der Waals surface area contributed by atoms with Crippen LogP contribution in [0.3, 0.4) is 0 Å². The predicted molar refractivity (Wildman–Crippen MR) is 76.8 cm³/mol. The third-order valence-electron chi connectivity index (χ3n) is 3.39. The minimum absolute atomic E-state index is 0.152. The van der Waals surface area contributed by atoms with Crippen LogP contribution in [-0.4, -0.2) is 11.1 Å². The summed E-state index contributed by atoms with van der Waals surface area (Å²) in [7, 11) is 0. The van der Waals surface area contributed by atoms with Gasteiger partial charge < -0.3 is 9.84 Å². The number of hydrogen-bond acceptors (Lipinski definition) is 3. The van der Waals surface area contributed by atoms with Gasteiger partial charge in [0.05, 0.1) is 5.39 Å². The van der Waals surface area contributed by atoms with Crippen LogP contribution in [0.1, 0.15) is 10.4 Å². The van der Waals surface area contributed by atoms with Crippen LogP contribution in [0.15, 0.2) is 42.5 Å². The number of halogens is 4. The number of phenolic OH excluding ortho intramolecular Hbond substituents is 1. The average molecular weight is 336 g/mol. The Morgan fingerprint density at radius 2 is 1.46 bits per heavy atom. The number of benzene rings is 3. The predicted octanol–water partition coefficient (Wildman–Crippen LogP) is 4.32. The molecule has 0 spiro atoms. The quantitative estimate of drug-likeness (QED) is 0.249. The third-order valence-corrected chi connectivity index (χ3v) is 3.39. The minimum Gasteiger partial charge on any atom is -0.506 e. The maximum absolute atomic E-state index is 13.9. The van der Waals surface area contributed by atoms with Crippen LogP contribution in [0, 0.1) is 23.3 Å². The van der Waals surface area contributed by atoms with Crippen molar-refractivity contribution in [1.29, 1.82) is 0 Å². The van der Waals surface area contributed by atoms with Crippen molar-refractivity contribution in [3.05, 3.63) is 71.3 Å². The maximum Gasteiger partial charge on any atom is 0.347 e. The molecule has 0 aliphatic heterocycles. The SMILES string of the molecule is O=C(Oc1ccccc1)c1ccc2c(F)c(F)c(F)c(F)c2c1O. The fraction of sp³-hybridized carbons (Fsp3) is 0.